The van der Waals surface area contributed by atoms with Gasteiger partial charge in [0.2, 0.25) is 5.91 Å². The van der Waals surface area contributed by atoms with E-state index in [9.17, 15) is 9.59 Å². The molecule has 1 unspecified atom stereocenters. The summed E-state index contributed by atoms with van der Waals surface area (Å²) in [6.45, 7) is 1.96. The van der Waals surface area contributed by atoms with Crippen molar-refractivity contribution >= 4 is 17.5 Å². The van der Waals surface area contributed by atoms with Gasteiger partial charge in [-0.2, -0.15) is 5.10 Å². The lowest BCUT2D eigenvalue weighted by molar-refractivity contribution is -0.117. The van der Waals surface area contributed by atoms with E-state index in [4.69, 9.17) is 0 Å². The van der Waals surface area contributed by atoms with E-state index < -0.39 is 0 Å². The standard InChI is InChI=1S/C17H19N5O2/c1-20-10-14(9-19-20)22-12-17(8-15(22)23)4-7-21(11-17)16(24)13-2-5-18-6-3-13/h2-3,5-6,9-10H,4,7-8,11-12H2,1H3. The zero-order valence-corrected chi connectivity index (χ0v) is 13.6. The average molecular weight is 325 g/mol. The summed E-state index contributed by atoms with van der Waals surface area (Å²) < 4.78 is 1.70. The number of hydrogen-bond donors (Lipinski definition) is 0. The molecule has 1 atom stereocenters. The molecule has 7 heteroatoms. The number of carbonyl (C=O) groups excluding carboxylic acids is 2. The third-order valence-electron chi connectivity index (χ3n) is 4.98. The van der Waals surface area contributed by atoms with Gasteiger partial charge in [-0.3, -0.25) is 19.3 Å². The van der Waals surface area contributed by atoms with Crippen LogP contribution in [0.15, 0.2) is 36.9 Å². The van der Waals surface area contributed by atoms with E-state index >= 15 is 0 Å². The van der Waals surface area contributed by atoms with E-state index in [-0.39, 0.29) is 17.2 Å². The molecular formula is C17H19N5O2. The van der Waals surface area contributed by atoms with Crippen LogP contribution in [0.25, 0.3) is 0 Å². The van der Waals surface area contributed by atoms with Gasteiger partial charge in [-0.05, 0) is 18.6 Å². The number of hydrogen-bond acceptors (Lipinski definition) is 4. The summed E-state index contributed by atoms with van der Waals surface area (Å²) >= 11 is 0. The maximum Gasteiger partial charge on any atom is 0.253 e. The van der Waals surface area contributed by atoms with Gasteiger partial charge < -0.3 is 9.80 Å². The Morgan fingerprint density at radius 2 is 2.04 bits per heavy atom. The van der Waals surface area contributed by atoms with Crippen LogP contribution in [-0.2, 0) is 11.8 Å². The predicted molar refractivity (Wildman–Crippen MR) is 87.4 cm³/mol. The van der Waals surface area contributed by atoms with E-state index in [0.29, 0.717) is 31.6 Å². The second kappa shape index (κ2) is 5.43. The van der Waals surface area contributed by atoms with Crippen molar-refractivity contribution in [3.63, 3.8) is 0 Å². The molecule has 2 amide bonds. The molecule has 2 aromatic rings. The molecule has 4 heterocycles. The van der Waals surface area contributed by atoms with Crippen molar-refractivity contribution in [3.05, 3.63) is 42.5 Å². The summed E-state index contributed by atoms with van der Waals surface area (Å²) in [6.07, 6.45) is 8.16. The van der Waals surface area contributed by atoms with Crippen LogP contribution in [0.3, 0.4) is 0 Å². The largest absolute Gasteiger partial charge is 0.338 e. The molecule has 4 rings (SSSR count). The Labute approximate surface area is 139 Å². The highest BCUT2D eigenvalue weighted by Crippen LogP contribution is 2.42. The van der Waals surface area contributed by atoms with Crippen LogP contribution in [0, 0.1) is 5.41 Å². The highest BCUT2D eigenvalue weighted by atomic mass is 16.2. The first kappa shape index (κ1) is 14.9. The van der Waals surface area contributed by atoms with E-state index in [0.717, 1.165) is 12.1 Å². The first-order chi connectivity index (χ1) is 11.6. The molecular weight excluding hydrogens is 306 g/mol. The Morgan fingerprint density at radius 3 is 2.75 bits per heavy atom. The molecule has 0 N–H and O–H groups in total. The minimum absolute atomic E-state index is 0.0153. The van der Waals surface area contributed by atoms with Crippen molar-refractivity contribution in [1.82, 2.24) is 19.7 Å². The Kier molecular flexibility index (Phi) is 3.37. The Balaban J connectivity index is 1.50. The van der Waals surface area contributed by atoms with Gasteiger partial charge in [0.05, 0.1) is 11.9 Å². The molecule has 2 aliphatic heterocycles. The molecule has 0 aromatic carbocycles. The summed E-state index contributed by atoms with van der Waals surface area (Å²) in [6, 6.07) is 3.46. The third kappa shape index (κ3) is 2.46. The van der Waals surface area contributed by atoms with Gasteiger partial charge in [0, 0.05) is 62.7 Å². The average Bonchev–Trinajstić information content (AvgIpc) is 3.27. The number of anilines is 1. The van der Waals surface area contributed by atoms with Gasteiger partial charge in [0.25, 0.3) is 5.91 Å². The smallest absolute Gasteiger partial charge is 0.253 e. The zero-order chi connectivity index (χ0) is 16.7. The zero-order valence-electron chi connectivity index (χ0n) is 13.6. The Bertz CT molecular complexity index is 787. The number of likely N-dealkylation sites (tertiary alicyclic amines) is 1. The fourth-order valence-electron chi connectivity index (χ4n) is 3.74. The second-order valence-corrected chi connectivity index (χ2v) is 6.74. The van der Waals surface area contributed by atoms with E-state index in [1.165, 1.54) is 0 Å². The van der Waals surface area contributed by atoms with Gasteiger partial charge in [-0.15, -0.1) is 0 Å². The molecule has 24 heavy (non-hydrogen) atoms. The molecule has 0 aliphatic carbocycles. The van der Waals surface area contributed by atoms with Crippen LogP contribution in [0.4, 0.5) is 5.69 Å². The van der Waals surface area contributed by atoms with Crippen LogP contribution in [0.2, 0.25) is 0 Å². The minimum atomic E-state index is -0.143. The highest BCUT2D eigenvalue weighted by molar-refractivity contribution is 5.97. The van der Waals surface area contributed by atoms with Gasteiger partial charge in [0.15, 0.2) is 0 Å². The topological polar surface area (TPSA) is 71.3 Å². The van der Waals surface area contributed by atoms with Gasteiger partial charge in [-0.1, -0.05) is 0 Å². The second-order valence-electron chi connectivity index (χ2n) is 6.74. The maximum absolute atomic E-state index is 12.6. The lowest BCUT2D eigenvalue weighted by Gasteiger charge is -2.23. The number of nitrogens with zero attached hydrogens (tertiary/aromatic N) is 5. The third-order valence-corrected chi connectivity index (χ3v) is 4.98. The van der Waals surface area contributed by atoms with Crippen LogP contribution < -0.4 is 4.90 Å². The van der Waals surface area contributed by atoms with Crippen molar-refractivity contribution in [3.8, 4) is 0 Å². The monoisotopic (exact) mass is 325 g/mol. The molecule has 2 aromatic heterocycles. The predicted octanol–water partition coefficient (Wildman–Crippen LogP) is 1.08. The van der Waals surface area contributed by atoms with Crippen molar-refractivity contribution in [2.24, 2.45) is 12.5 Å². The normalized spacial score (nSPS) is 23.5. The van der Waals surface area contributed by atoms with Crippen molar-refractivity contribution in [2.45, 2.75) is 12.8 Å². The fourth-order valence-corrected chi connectivity index (χ4v) is 3.74. The van der Waals surface area contributed by atoms with Crippen molar-refractivity contribution in [2.75, 3.05) is 24.5 Å². The number of carbonyl (C=O) groups is 2. The van der Waals surface area contributed by atoms with Crippen LogP contribution in [0.5, 0.6) is 0 Å². The number of pyridine rings is 1. The molecule has 2 fully saturated rings. The van der Waals surface area contributed by atoms with Crippen molar-refractivity contribution < 1.29 is 9.59 Å². The Hall–Kier alpha value is -2.70. The number of aryl methyl sites for hydroxylation is 1. The lowest BCUT2D eigenvalue weighted by atomic mass is 9.86. The fraction of sp³-hybridized carbons (Fsp3) is 0.412. The van der Waals surface area contributed by atoms with Crippen LogP contribution in [-0.4, -0.2) is 51.1 Å². The first-order valence-corrected chi connectivity index (χ1v) is 8.05. The van der Waals surface area contributed by atoms with Crippen LogP contribution in [0.1, 0.15) is 23.2 Å². The van der Waals surface area contributed by atoms with Crippen molar-refractivity contribution in [1.29, 1.82) is 0 Å². The van der Waals surface area contributed by atoms with E-state index in [1.54, 1.807) is 40.3 Å². The molecule has 0 radical (unpaired) electrons. The minimum Gasteiger partial charge on any atom is -0.338 e. The first-order valence-electron chi connectivity index (χ1n) is 8.05. The number of amides is 2. The molecule has 7 nitrogen and oxygen atoms in total. The van der Waals surface area contributed by atoms with Gasteiger partial charge in [-0.25, -0.2) is 0 Å². The molecule has 0 bridgehead atoms. The Morgan fingerprint density at radius 1 is 1.25 bits per heavy atom. The molecule has 124 valence electrons. The molecule has 2 aliphatic rings. The molecule has 0 saturated carbocycles. The van der Waals surface area contributed by atoms with E-state index in [1.807, 2.05) is 18.1 Å². The van der Waals surface area contributed by atoms with Gasteiger partial charge >= 0.3 is 0 Å². The molecule has 2 saturated heterocycles. The SMILES string of the molecule is Cn1cc(N2CC3(CCN(C(=O)c4ccncc4)C3)CC2=O)cn1. The summed E-state index contributed by atoms with van der Waals surface area (Å²) in [4.78, 5) is 32.7. The van der Waals surface area contributed by atoms with Crippen LogP contribution >= 0.6 is 0 Å². The maximum atomic E-state index is 12.6. The van der Waals surface area contributed by atoms with Gasteiger partial charge in [0.1, 0.15) is 0 Å². The summed E-state index contributed by atoms with van der Waals surface area (Å²) in [7, 11) is 1.84. The number of rotatable bonds is 2. The highest BCUT2D eigenvalue weighted by Gasteiger charge is 2.49. The summed E-state index contributed by atoms with van der Waals surface area (Å²) in [5.74, 6) is 0.128. The summed E-state index contributed by atoms with van der Waals surface area (Å²) in [5.41, 5.74) is 1.34. The lowest BCUT2D eigenvalue weighted by Crippen LogP contribution is -2.34. The van der Waals surface area contributed by atoms with E-state index in [2.05, 4.69) is 10.1 Å². The molecule has 1 spiro atoms. The number of aromatic nitrogens is 3. The summed E-state index contributed by atoms with van der Waals surface area (Å²) in [5, 5.41) is 4.15. The quantitative estimate of drug-likeness (QED) is 0.828.